The number of primary amides is 1. The lowest BCUT2D eigenvalue weighted by molar-refractivity contribution is -0.147. The molecule has 1 atom stereocenters. The summed E-state index contributed by atoms with van der Waals surface area (Å²) in [5.41, 5.74) is 4.79. The van der Waals surface area contributed by atoms with Crippen LogP contribution in [0.15, 0.2) is 18.3 Å². The lowest BCUT2D eigenvalue weighted by Gasteiger charge is -2.43. The number of alkyl halides is 3. The molecule has 0 saturated carbocycles. The van der Waals surface area contributed by atoms with Crippen LogP contribution in [0, 0.1) is 5.92 Å². The second kappa shape index (κ2) is 8.79. The van der Waals surface area contributed by atoms with Gasteiger partial charge < -0.3 is 15.5 Å². The Morgan fingerprint density at radius 1 is 1.13 bits per heavy atom. The van der Waals surface area contributed by atoms with Crippen LogP contribution in [0.4, 0.5) is 19.0 Å². The minimum absolute atomic E-state index is 0.0674. The quantitative estimate of drug-likeness (QED) is 0.791. The van der Waals surface area contributed by atoms with Crippen molar-refractivity contribution in [2.45, 2.75) is 44.9 Å². The number of carbonyl (C=O) groups is 2. The number of piperazine rings is 1. The summed E-state index contributed by atoms with van der Waals surface area (Å²) in [5, 5.41) is 0. The number of nitrogens with two attached hydrogens (primary N) is 1. The van der Waals surface area contributed by atoms with Gasteiger partial charge in [0.1, 0.15) is 11.9 Å². The first-order chi connectivity index (χ1) is 14.1. The van der Waals surface area contributed by atoms with Crippen molar-refractivity contribution in [2.75, 3.05) is 37.6 Å². The number of piperidine rings is 1. The molecule has 2 N–H and O–H groups in total. The van der Waals surface area contributed by atoms with Gasteiger partial charge in [-0.15, -0.1) is 0 Å². The lowest BCUT2D eigenvalue weighted by atomic mass is 9.93. The van der Waals surface area contributed by atoms with Crippen LogP contribution in [-0.4, -0.2) is 71.4 Å². The van der Waals surface area contributed by atoms with E-state index in [4.69, 9.17) is 5.73 Å². The Kier molecular flexibility index (Phi) is 6.54. The van der Waals surface area contributed by atoms with E-state index in [1.165, 1.54) is 6.07 Å². The van der Waals surface area contributed by atoms with Gasteiger partial charge in [0, 0.05) is 50.9 Å². The second-order valence-electron chi connectivity index (χ2n) is 8.20. The van der Waals surface area contributed by atoms with Crippen LogP contribution < -0.4 is 10.6 Å². The van der Waals surface area contributed by atoms with E-state index in [0.717, 1.165) is 12.3 Å². The minimum atomic E-state index is -4.42. The fourth-order valence-corrected chi connectivity index (χ4v) is 4.11. The molecule has 1 aromatic rings. The van der Waals surface area contributed by atoms with Crippen LogP contribution in [0.25, 0.3) is 0 Å². The summed E-state index contributed by atoms with van der Waals surface area (Å²) < 4.78 is 38.1. The van der Waals surface area contributed by atoms with Crippen molar-refractivity contribution in [1.29, 1.82) is 0 Å². The Balaban J connectivity index is 1.60. The highest BCUT2D eigenvalue weighted by Gasteiger charge is 2.38. The van der Waals surface area contributed by atoms with Gasteiger partial charge in [0.2, 0.25) is 11.8 Å². The number of nitrogens with zero attached hydrogens (tertiary/aromatic N) is 4. The Hall–Kier alpha value is -2.36. The maximum atomic E-state index is 13.1. The van der Waals surface area contributed by atoms with Gasteiger partial charge in [-0.3, -0.25) is 14.5 Å². The third-order valence-electron chi connectivity index (χ3n) is 6.00. The fraction of sp³-hybridized carbons (Fsp3) is 0.650. The second-order valence-corrected chi connectivity index (χ2v) is 8.20. The third-order valence-corrected chi connectivity index (χ3v) is 6.00. The number of rotatable bonds is 4. The minimum Gasteiger partial charge on any atom is -0.368 e. The van der Waals surface area contributed by atoms with E-state index in [1.54, 1.807) is 4.90 Å². The van der Waals surface area contributed by atoms with Crippen molar-refractivity contribution in [3.05, 3.63) is 23.9 Å². The van der Waals surface area contributed by atoms with Crippen molar-refractivity contribution >= 4 is 17.6 Å². The monoisotopic (exact) mass is 427 g/mol. The number of anilines is 1. The zero-order valence-electron chi connectivity index (χ0n) is 17.2. The van der Waals surface area contributed by atoms with Crippen LogP contribution in [0.1, 0.15) is 32.3 Å². The largest absolute Gasteiger partial charge is 0.417 e. The number of pyridine rings is 1. The molecule has 0 aromatic carbocycles. The Labute approximate surface area is 174 Å². The van der Waals surface area contributed by atoms with Crippen LogP contribution in [-0.2, 0) is 15.8 Å². The molecule has 2 aliphatic rings. The first kappa shape index (κ1) is 22.3. The summed E-state index contributed by atoms with van der Waals surface area (Å²) in [6.45, 7) is 6.71. The number of hydrogen-bond donors (Lipinski definition) is 1. The summed E-state index contributed by atoms with van der Waals surface area (Å²) in [7, 11) is 0. The van der Waals surface area contributed by atoms with Gasteiger partial charge >= 0.3 is 6.18 Å². The number of aromatic nitrogens is 1. The van der Waals surface area contributed by atoms with E-state index in [-0.39, 0.29) is 17.9 Å². The van der Waals surface area contributed by atoms with E-state index in [1.807, 2.05) is 18.7 Å². The average Bonchev–Trinajstić information content (AvgIpc) is 2.72. The summed E-state index contributed by atoms with van der Waals surface area (Å²) >= 11 is 0. The Morgan fingerprint density at radius 3 is 2.30 bits per heavy atom. The highest BCUT2D eigenvalue weighted by atomic mass is 19.4. The van der Waals surface area contributed by atoms with Crippen molar-refractivity contribution in [3.63, 3.8) is 0 Å². The molecular formula is C20H28F3N5O2. The highest BCUT2D eigenvalue weighted by Crippen LogP contribution is 2.30. The molecule has 0 bridgehead atoms. The molecule has 3 heterocycles. The molecule has 2 amide bonds. The van der Waals surface area contributed by atoms with Crippen LogP contribution in [0.2, 0.25) is 0 Å². The van der Waals surface area contributed by atoms with Crippen LogP contribution in [0.5, 0.6) is 0 Å². The van der Waals surface area contributed by atoms with Gasteiger partial charge in [-0.25, -0.2) is 4.98 Å². The zero-order chi connectivity index (χ0) is 22.1. The first-order valence-electron chi connectivity index (χ1n) is 10.2. The average molecular weight is 427 g/mol. The SMILES string of the molecule is CC(C)N1CCN(C(=O)C2CCN(c3ccc(C(F)(F)F)cn3)CC2)C(C(N)=O)C1. The molecule has 3 rings (SSSR count). The first-order valence-corrected chi connectivity index (χ1v) is 10.2. The molecule has 0 aliphatic carbocycles. The summed E-state index contributed by atoms with van der Waals surface area (Å²) in [4.78, 5) is 34.6. The van der Waals surface area contributed by atoms with Gasteiger partial charge in [0.05, 0.1) is 5.56 Å². The van der Waals surface area contributed by atoms with Crippen molar-refractivity contribution in [2.24, 2.45) is 11.7 Å². The number of halogens is 3. The van der Waals surface area contributed by atoms with Gasteiger partial charge in [0.15, 0.2) is 0 Å². The molecule has 2 saturated heterocycles. The van der Waals surface area contributed by atoms with Gasteiger partial charge in [-0.2, -0.15) is 13.2 Å². The zero-order valence-corrected chi connectivity index (χ0v) is 17.2. The molecule has 7 nitrogen and oxygen atoms in total. The molecule has 10 heteroatoms. The molecule has 166 valence electrons. The van der Waals surface area contributed by atoms with E-state index >= 15 is 0 Å². The number of hydrogen-bond acceptors (Lipinski definition) is 5. The smallest absolute Gasteiger partial charge is 0.368 e. The normalized spacial score (nSPS) is 21.9. The molecule has 30 heavy (non-hydrogen) atoms. The highest BCUT2D eigenvalue weighted by molar-refractivity contribution is 5.88. The Morgan fingerprint density at radius 2 is 1.80 bits per heavy atom. The molecular weight excluding hydrogens is 399 g/mol. The van der Waals surface area contributed by atoms with Crippen LogP contribution >= 0.6 is 0 Å². The molecule has 2 fully saturated rings. The van der Waals surface area contributed by atoms with Crippen LogP contribution in [0.3, 0.4) is 0 Å². The maximum Gasteiger partial charge on any atom is 0.417 e. The predicted molar refractivity (Wildman–Crippen MR) is 106 cm³/mol. The predicted octanol–water partition coefficient (Wildman–Crippen LogP) is 1.72. The molecule has 1 unspecified atom stereocenters. The van der Waals surface area contributed by atoms with Gasteiger partial charge in [0.25, 0.3) is 0 Å². The number of carbonyl (C=O) groups excluding carboxylic acids is 2. The lowest BCUT2D eigenvalue weighted by Crippen LogP contribution is -2.62. The van der Waals surface area contributed by atoms with Crippen molar-refractivity contribution < 1.29 is 22.8 Å². The van der Waals surface area contributed by atoms with E-state index in [9.17, 15) is 22.8 Å². The summed E-state index contributed by atoms with van der Waals surface area (Å²) in [5.74, 6) is -0.333. The standard InChI is InChI=1S/C20H28F3N5O2/c1-13(2)27-9-10-28(16(12-27)18(24)29)19(30)14-5-7-26(8-6-14)17-4-3-15(11-25-17)20(21,22)23/h3-4,11,13-14,16H,5-10,12H2,1-2H3,(H2,24,29). The van der Waals surface area contributed by atoms with E-state index in [0.29, 0.717) is 51.4 Å². The topological polar surface area (TPSA) is 82.8 Å². The molecule has 0 radical (unpaired) electrons. The van der Waals surface area contributed by atoms with Crippen molar-refractivity contribution in [3.8, 4) is 0 Å². The van der Waals surface area contributed by atoms with E-state index < -0.39 is 23.7 Å². The Bertz CT molecular complexity index is 761. The maximum absolute atomic E-state index is 13.1. The summed E-state index contributed by atoms with van der Waals surface area (Å²) in [6.07, 6.45) is -2.48. The molecule has 1 aromatic heterocycles. The van der Waals surface area contributed by atoms with E-state index in [2.05, 4.69) is 9.88 Å². The molecule has 0 spiro atoms. The van der Waals surface area contributed by atoms with Crippen molar-refractivity contribution in [1.82, 2.24) is 14.8 Å². The number of amides is 2. The van der Waals surface area contributed by atoms with Gasteiger partial charge in [-0.05, 0) is 38.8 Å². The fourth-order valence-electron chi connectivity index (χ4n) is 4.11. The molecule has 2 aliphatic heterocycles. The summed E-state index contributed by atoms with van der Waals surface area (Å²) in [6, 6.07) is 2.01. The van der Waals surface area contributed by atoms with Gasteiger partial charge in [-0.1, -0.05) is 0 Å². The third kappa shape index (κ3) is 4.85.